The topological polar surface area (TPSA) is 0 Å². The smallest absolute Gasteiger partial charge is 0.123 e. The molecule has 0 amide bonds. The van der Waals surface area contributed by atoms with Crippen molar-refractivity contribution in [2.24, 2.45) is 0 Å². The predicted octanol–water partition coefficient (Wildman–Crippen LogP) is 7.87. The van der Waals surface area contributed by atoms with E-state index in [2.05, 4.69) is 64.1 Å². The minimum absolute atomic E-state index is 0.252. The molecule has 0 saturated carbocycles. The fraction of sp³-hybridized carbons (Fsp3) is 0.200. The number of hydrogen-bond donors (Lipinski definition) is 0. The van der Waals surface area contributed by atoms with Crippen LogP contribution in [0.4, 0.5) is 8.78 Å². The highest BCUT2D eigenvalue weighted by Gasteiger charge is 2.53. The molecule has 2 atom stereocenters. The Hall–Kier alpha value is -3.26. The molecule has 4 aromatic rings. The van der Waals surface area contributed by atoms with Crippen LogP contribution in [-0.2, 0) is 10.8 Å². The third-order valence-corrected chi connectivity index (χ3v) is 7.56. The SMILES string of the molecule is Cc1ccc2c(c1)C(C)(c1ccc(F)cc1)C(C)(c1ccc(F)cc1)c1cc(C)ccc1-2. The Morgan fingerprint density at radius 3 is 1.19 bits per heavy atom. The molecule has 160 valence electrons. The Balaban J connectivity index is 1.96. The lowest BCUT2D eigenvalue weighted by atomic mass is 9.49. The van der Waals surface area contributed by atoms with E-state index in [1.54, 1.807) is 0 Å². The molecule has 0 nitrogen and oxygen atoms in total. The predicted molar refractivity (Wildman–Crippen MR) is 127 cm³/mol. The quantitative estimate of drug-likeness (QED) is 0.307. The minimum atomic E-state index is -0.513. The van der Waals surface area contributed by atoms with Gasteiger partial charge in [-0.05, 0) is 71.5 Å². The van der Waals surface area contributed by atoms with E-state index in [9.17, 15) is 8.78 Å². The lowest BCUT2D eigenvalue weighted by Crippen LogP contribution is -2.49. The minimum Gasteiger partial charge on any atom is -0.207 e. The molecule has 0 aromatic heterocycles. The molecule has 4 aromatic carbocycles. The lowest BCUT2D eigenvalue weighted by molar-refractivity contribution is 0.354. The summed E-state index contributed by atoms with van der Waals surface area (Å²) >= 11 is 0. The van der Waals surface area contributed by atoms with E-state index in [0.29, 0.717) is 0 Å². The monoisotopic (exact) mass is 424 g/mol. The van der Waals surface area contributed by atoms with Gasteiger partial charge in [0.05, 0.1) is 0 Å². The van der Waals surface area contributed by atoms with Gasteiger partial charge < -0.3 is 0 Å². The second-order valence-corrected chi connectivity index (χ2v) is 9.36. The van der Waals surface area contributed by atoms with E-state index < -0.39 is 10.8 Å². The summed E-state index contributed by atoms with van der Waals surface area (Å²) in [4.78, 5) is 0. The Bertz CT molecular complexity index is 1210. The second-order valence-electron chi connectivity index (χ2n) is 9.36. The normalized spacial score (nSPS) is 21.7. The number of rotatable bonds is 2. The van der Waals surface area contributed by atoms with Crippen molar-refractivity contribution in [1.29, 1.82) is 0 Å². The molecule has 5 rings (SSSR count). The summed E-state index contributed by atoms with van der Waals surface area (Å²) in [5.41, 5.74) is 8.17. The van der Waals surface area contributed by atoms with Crippen LogP contribution in [0, 0.1) is 25.5 Å². The summed E-state index contributed by atoms with van der Waals surface area (Å²) in [5, 5.41) is 0. The zero-order valence-corrected chi connectivity index (χ0v) is 18.8. The van der Waals surface area contributed by atoms with E-state index in [1.807, 2.05) is 24.3 Å². The van der Waals surface area contributed by atoms with Crippen LogP contribution < -0.4 is 0 Å². The van der Waals surface area contributed by atoms with Gasteiger partial charge in [-0.25, -0.2) is 8.78 Å². The van der Waals surface area contributed by atoms with Crippen molar-refractivity contribution in [3.63, 3.8) is 0 Å². The average Bonchev–Trinajstić information content (AvgIpc) is 2.78. The van der Waals surface area contributed by atoms with Gasteiger partial charge in [-0.2, -0.15) is 0 Å². The van der Waals surface area contributed by atoms with Crippen molar-refractivity contribution in [2.75, 3.05) is 0 Å². The van der Waals surface area contributed by atoms with E-state index in [4.69, 9.17) is 0 Å². The largest absolute Gasteiger partial charge is 0.207 e. The van der Waals surface area contributed by atoms with Crippen molar-refractivity contribution in [3.05, 3.63) is 130 Å². The number of aryl methyl sites for hydroxylation is 2. The Morgan fingerprint density at radius 2 is 0.844 bits per heavy atom. The van der Waals surface area contributed by atoms with Gasteiger partial charge in [0.15, 0.2) is 0 Å². The third-order valence-electron chi connectivity index (χ3n) is 7.56. The van der Waals surface area contributed by atoms with Crippen molar-refractivity contribution < 1.29 is 8.78 Å². The fourth-order valence-electron chi connectivity index (χ4n) is 5.61. The molecule has 2 unspecified atom stereocenters. The van der Waals surface area contributed by atoms with Gasteiger partial charge in [0.25, 0.3) is 0 Å². The van der Waals surface area contributed by atoms with Crippen LogP contribution in [-0.4, -0.2) is 0 Å². The summed E-state index contributed by atoms with van der Waals surface area (Å²) < 4.78 is 27.9. The fourth-order valence-corrected chi connectivity index (χ4v) is 5.61. The maximum Gasteiger partial charge on any atom is 0.123 e. The van der Waals surface area contributed by atoms with E-state index in [-0.39, 0.29) is 11.6 Å². The Labute approximate surface area is 188 Å². The van der Waals surface area contributed by atoms with Gasteiger partial charge in [-0.3, -0.25) is 0 Å². The van der Waals surface area contributed by atoms with Gasteiger partial charge in [0.1, 0.15) is 11.6 Å². The van der Waals surface area contributed by atoms with Gasteiger partial charge in [-0.1, -0.05) is 85.6 Å². The van der Waals surface area contributed by atoms with E-state index >= 15 is 0 Å². The molecule has 0 aliphatic heterocycles. The molecular weight excluding hydrogens is 398 g/mol. The molecule has 0 radical (unpaired) electrons. The molecule has 2 heteroatoms. The molecule has 0 saturated heterocycles. The molecule has 0 heterocycles. The number of fused-ring (bicyclic) bond motifs is 3. The first kappa shape index (κ1) is 20.6. The number of halogens is 2. The van der Waals surface area contributed by atoms with E-state index in [0.717, 1.165) is 11.1 Å². The summed E-state index contributed by atoms with van der Waals surface area (Å²) in [6, 6.07) is 26.9. The molecular formula is C30H26F2. The molecule has 0 fully saturated rings. The van der Waals surface area contributed by atoms with Crippen LogP contribution in [0.25, 0.3) is 11.1 Å². The first-order valence-corrected chi connectivity index (χ1v) is 11.0. The highest BCUT2D eigenvalue weighted by molar-refractivity contribution is 5.81. The van der Waals surface area contributed by atoms with Crippen LogP contribution in [0.3, 0.4) is 0 Å². The van der Waals surface area contributed by atoms with Crippen LogP contribution in [0.15, 0.2) is 84.9 Å². The summed E-state index contributed by atoms with van der Waals surface area (Å²) in [6.07, 6.45) is 0. The highest BCUT2D eigenvalue weighted by Crippen LogP contribution is 2.60. The zero-order chi connectivity index (χ0) is 22.7. The van der Waals surface area contributed by atoms with Gasteiger partial charge >= 0.3 is 0 Å². The van der Waals surface area contributed by atoms with Crippen LogP contribution in [0.1, 0.15) is 47.2 Å². The first-order valence-electron chi connectivity index (χ1n) is 11.0. The molecule has 0 spiro atoms. The third kappa shape index (κ3) is 2.79. The number of hydrogen-bond acceptors (Lipinski definition) is 0. The molecule has 0 N–H and O–H groups in total. The van der Waals surface area contributed by atoms with Crippen LogP contribution in [0.2, 0.25) is 0 Å². The lowest BCUT2D eigenvalue weighted by Gasteiger charge is -2.53. The summed E-state index contributed by atoms with van der Waals surface area (Å²) in [5.74, 6) is -0.505. The number of benzene rings is 4. The second kappa shape index (κ2) is 7.13. The first-order chi connectivity index (χ1) is 15.2. The standard InChI is InChI=1S/C30H26F2/c1-19-5-15-25-26-16-6-20(2)18-28(26)30(4,22-9-13-24(32)14-10-22)29(3,27(25)17-19)21-7-11-23(31)12-8-21/h5-18H,1-4H3. The zero-order valence-electron chi connectivity index (χ0n) is 18.8. The maximum atomic E-state index is 13.9. The summed E-state index contributed by atoms with van der Waals surface area (Å²) in [7, 11) is 0. The highest BCUT2D eigenvalue weighted by atomic mass is 19.1. The van der Waals surface area contributed by atoms with Crippen molar-refractivity contribution in [3.8, 4) is 11.1 Å². The molecule has 32 heavy (non-hydrogen) atoms. The van der Waals surface area contributed by atoms with Gasteiger partial charge in [-0.15, -0.1) is 0 Å². The molecule has 0 bridgehead atoms. The Morgan fingerprint density at radius 1 is 0.500 bits per heavy atom. The van der Waals surface area contributed by atoms with E-state index in [1.165, 1.54) is 57.6 Å². The van der Waals surface area contributed by atoms with Crippen LogP contribution in [0.5, 0.6) is 0 Å². The van der Waals surface area contributed by atoms with Crippen molar-refractivity contribution in [2.45, 2.75) is 38.5 Å². The van der Waals surface area contributed by atoms with Crippen LogP contribution >= 0.6 is 0 Å². The molecule has 1 aliphatic rings. The average molecular weight is 425 g/mol. The van der Waals surface area contributed by atoms with Crippen molar-refractivity contribution >= 4 is 0 Å². The maximum absolute atomic E-state index is 13.9. The van der Waals surface area contributed by atoms with Gasteiger partial charge in [0, 0.05) is 10.8 Å². The van der Waals surface area contributed by atoms with Crippen molar-refractivity contribution in [1.82, 2.24) is 0 Å². The summed E-state index contributed by atoms with van der Waals surface area (Å²) in [6.45, 7) is 8.69. The molecule has 1 aliphatic carbocycles. The van der Waals surface area contributed by atoms with Gasteiger partial charge in [0.2, 0.25) is 0 Å². The Kier molecular flexibility index (Phi) is 4.60.